The predicted molar refractivity (Wildman–Crippen MR) is 144 cm³/mol. The van der Waals surface area contributed by atoms with E-state index in [1.165, 1.54) is 0 Å². The van der Waals surface area contributed by atoms with Crippen LogP contribution in [0.15, 0.2) is 12.1 Å². The molecule has 2 amide bonds. The molecular formula is C26H39BrN2O5Si. The van der Waals surface area contributed by atoms with Crippen molar-refractivity contribution in [1.29, 1.82) is 0 Å². The molecular weight excluding hydrogens is 528 g/mol. The van der Waals surface area contributed by atoms with Crippen LogP contribution in [0.2, 0.25) is 25.7 Å². The molecule has 0 N–H and O–H groups in total. The summed E-state index contributed by atoms with van der Waals surface area (Å²) >= 11 is 3.46. The smallest absolute Gasteiger partial charge is 0.256 e. The minimum atomic E-state index is -1.26. The molecule has 2 fully saturated rings. The number of hydrogen-bond acceptors (Lipinski definition) is 5. The third-order valence-corrected chi connectivity index (χ3v) is 9.60. The maximum absolute atomic E-state index is 13.8. The Balaban J connectivity index is 1.62. The molecule has 3 aliphatic rings. The van der Waals surface area contributed by atoms with Gasteiger partial charge in [-0.2, -0.15) is 0 Å². The number of benzene rings is 1. The first-order chi connectivity index (χ1) is 16.7. The molecule has 1 saturated heterocycles. The molecule has 1 saturated carbocycles. The minimum Gasteiger partial charge on any atom is -0.493 e. The van der Waals surface area contributed by atoms with E-state index in [0.717, 1.165) is 49.9 Å². The summed E-state index contributed by atoms with van der Waals surface area (Å²) in [7, 11) is 0.322. The number of unbranched alkanes of at least 4 members (excludes halogenated alkanes) is 2. The van der Waals surface area contributed by atoms with Crippen LogP contribution in [0.1, 0.15) is 48.9 Å². The second-order valence-electron chi connectivity index (χ2n) is 11.4. The highest BCUT2D eigenvalue weighted by atomic mass is 79.9. The third kappa shape index (κ3) is 6.05. The molecule has 0 radical (unpaired) electrons. The first kappa shape index (κ1) is 26.5. The second-order valence-corrected chi connectivity index (χ2v) is 17.8. The molecule has 1 atom stereocenters. The lowest BCUT2D eigenvalue weighted by Gasteiger charge is -2.26. The molecule has 1 spiro atoms. The molecule has 2 aliphatic heterocycles. The average molecular weight is 568 g/mol. The summed E-state index contributed by atoms with van der Waals surface area (Å²) in [5.74, 6) is 0.915. The quantitative estimate of drug-likeness (QED) is 0.195. The van der Waals surface area contributed by atoms with E-state index < -0.39 is 14.1 Å². The Kier molecular flexibility index (Phi) is 8.17. The highest BCUT2D eigenvalue weighted by Crippen LogP contribution is 2.56. The summed E-state index contributed by atoms with van der Waals surface area (Å²) in [4.78, 5) is 31.0. The van der Waals surface area contributed by atoms with E-state index in [-0.39, 0.29) is 24.0 Å². The first-order valence-corrected chi connectivity index (χ1v) is 17.6. The Morgan fingerprint density at radius 2 is 1.86 bits per heavy atom. The van der Waals surface area contributed by atoms with Crippen LogP contribution in [-0.4, -0.2) is 69.8 Å². The molecule has 4 rings (SSSR count). The van der Waals surface area contributed by atoms with Gasteiger partial charge in [-0.25, -0.2) is 0 Å². The number of alkyl halides is 1. The van der Waals surface area contributed by atoms with Crippen molar-refractivity contribution in [3.8, 4) is 11.5 Å². The van der Waals surface area contributed by atoms with Crippen molar-refractivity contribution >= 4 is 41.5 Å². The van der Waals surface area contributed by atoms with Crippen molar-refractivity contribution in [2.24, 2.45) is 5.41 Å². The van der Waals surface area contributed by atoms with Crippen LogP contribution in [0.3, 0.4) is 0 Å². The van der Waals surface area contributed by atoms with Gasteiger partial charge < -0.3 is 19.1 Å². The van der Waals surface area contributed by atoms with Crippen molar-refractivity contribution in [1.82, 2.24) is 4.90 Å². The van der Waals surface area contributed by atoms with E-state index >= 15 is 0 Å². The molecule has 7 nitrogen and oxygen atoms in total. The number of carbonyl (C=O) groups excluding carboxylic acids is 2. The van der Waals surface area contributed by atoms with E-state index in [9.17, 15) is 9.59 Å². The van der Waals surface area contributed by atoms with Gasteiger partial charge in [-0.15, -0.1) is 0 Å². The van der Waals surface area contributed by atoms with Gasteiger partial charge in [-0.1, -0.05) is 35.6 Å². The Bertz CT molecular complexity index is 946. The zero-order valence-electron chi connectivity index (χ0n) is 21.5. The fourth-order valence-corrected chi connectivity index (χ4v) is 6.07. The van der Waals surface area contributed by atoms with Crippen LogP contribution in [-0.2, 0) is 9.53 Å². The molecule has 1 aromatic carbocycles. The van der Waals surface area contributed by atoms with Gasteiger partial charge in [0, 0.05) is 32.6 Å². The zero-order chi connectivity index (χ0) is 25.2. The maximum Gasteiger partial charge on any atom is 0.256 e. The predicted octanol–water partition coefficient (Wildman–Crippen LogP) is 5.29. The number of nitrogens with zero attached hydrogens (tertiary/aromatic N) is 2. The van der Waals surface area contributed by atoms with Gasteiger partial charge in [-0.3, -0.25) is 14.5 Å². The third-order valence-electron chi connectivity index (χ3n) is 7.33. The Morgan fingerprint density at radius 1 is 1.09 bits per heavy atom. The molecule has 9 heteroatoms. The summed E-state index contributed by atoms with van der Waals surface area (Å²) in [5.41, 5.74) is 1.17. The summed E-state index contributed by atoms with van der Waals surface area (Å²) < 4.78 is 17.7. The van der Waals surface area contributed by atoms with E-state index in [1.54, 1.807) is 29.0 Å². The first-order valence-electron chi connectivity index (χ1n) is 12.8. The number of carbonyl (C=O) groups is 2. The largest absolute Gasteiger partial charge is 0.493 e. The van der Waals surface area contributed by atoms with Crippen LogP contribution in [0.5, 0.6) is 11.5 Å². The van der Waals surface area contributed by atoms with E-state index in [0.29, 0.717) is 42.5 Å². The van der Waals surface area contributed by atoms with Crippen molar-refractivity contribution in [2.75, 3.05) is 43.8 Å². The van der Waals surface area contributed by atoms with Gasteiger partial charge >= 0.3 is 0 Å². The van der Waals surface area contributed by atoms with Crippen molar-refractivity contribution in [3.63, 3.8) is 0 Å². The number of amides is 2. The molecule has 0 bridgehead atoms. The lowest BCUT2D eigenvalue weighted by molar-refractivity contribution is -0.123. The van der Waals surface area contributed by atoms with Crippen LogP contribution >= 0.6 is 15.9 Å². The summed E-state index contributed by atoms with van der Waals surface area (Å²) in [5, 5.41) is 0.977. The van der Waals surface area contributed by atoms with Crippen LogP contribution < -0.4 is 14.4 Å². The van der Waals surface area contributed by atoms with Crippen molar-refractivity contribution in [2.45, 2.75) is 70.3 Å². The summed E-state index contributed by atoms with van der Waals surface area (Å²) in [6.45, 7) is 8.86. The monoisotopic (exact) mass is 566 g/mol. The number of methoxy groups -OCH3 is 1. The molecule has 0 aromatic heterocycles. The van der Waals surface area contributed by atoms with Crippen molar-refractivity contribution < 1.29 is 23.8 Å². The fraction of sp³-hybridized carbons (Fsp3) is 0.692. The van der Waals surface area contributed by atoms with Gasteiger partial charge in [-0.05, 0) is 56.1 Å². The molecule has 194 valence electrons. The Labute approximate surface area is 218 Å². The van der Waals surface area contributed by atoms with E-state index in [2.05, 4.69) is 35.6 Å². The Hall–Kier alpha value is -1.58. The van der Waals surface area contributed by atoms with E-state index in [4.69, 9.17) is 14.2 Å². The lowest BCUT2D eigenvalue weighted by atomic mass is 10.0. The van der Waals surface area contributed by atoms with Gasteiger partial charge in [0.15, 0.2) is 11.5 Å². The van der Waals surface area contributed by atoms with E-state index in [1.807, 2.05) is 0 Å². The number of anilines is 1. The van der Waals surface area contributed by atoms with Gasteiger partial charge in [0.2, 0.25) is 0 Å². The highest BCUT2D eigenvalue weighted by Gasteiger charge is 2.57. The van der Waals surface area contributed by atoms with Crippen LogP contribution in [0.25, 0.3) is 0 Å². The number of fused-ring (bicyclic) bond motifs is 2. The number of halogens is 1. The molecule has 1 aromatic rings. The minimum absolute atomic E-state index is 0.0534. The SMILES string of the molecule is COc1cc2c(cc1OCCCCCBr)N(COCC[Si](C)(C)C)C(=O)[C@@H]1CC3(CC3)CN1C2=O. The normalized spacial score (nSPS) is 20.7. The topological polar surface area (TPSA) is 68.3 Å². The Morgan fingerprint density at radius 3 is 2.51 bits per heavy atom. The van der Waals surface area contributed by atoms with Crippen LogP contribution in [0.4, 0.5) is 5.69 Å². The standard InChI is InChI=1S/C26H39BrN2O5Si/c1-32-22-14-19-20(15-23(22)34-11-7-5-6-10-27)29(18-33-12-13-35(2,3)4)25(31)21-16-26(8-9-26)17-28(21)24(19)30/h14-15,21H,5-13,16-18H2,1-4H3/t21-/m0/s1. The van der Waals surface area contributed by atoms with Gasteiger partial charge in [0.25, 0.3) is 11.8 Å². The number of rotatable bonds is 12. The molecule has 0 unspecified atom stereocenters. The fourth-order valence-electron chi connectivity index (χ4n) is 4.92. The summed E-state index contributed by atoms with van der Waals surface area (Å²) in [6, 6.07) is 4.13. The second kappa shape index (κ2) is 10.8. The number of ether oxygens (including phenoxy) is 3. The van der Waals surface area contributed by atoms with Crippen molar-refractivity contribution in [3.05, 3.63) is 17.7 Å². The van der Waals surface area contributed by atoms with Gasteiger partial charge in [0.1, 0.15) is 12.8 Å². The van der Waals surface area contributed by atoms with Crippen LogP contribution in [0, 0.1) is 5.41 Å². The molecule has 2 heterocycles. The zero-order valence-corrected chi connectivity index (χ0v) is 24.1. The van der Waals surface area contributed by atoms with Gasteiger partial charge in [0.05, 0.1) is 25.0 Å². The number of hydrogen-bond donors (Lipinski definition) is 0. The lowest BCUT2D eigenvalue weighted by Crippen LogP contribution is -2.45. The molecule has 1 aliphatic carbocycles. The highest BCUT2D eigenvalue weighted by molar-refractivity contribution is 9.09. The maximum atomic E-state index is 13.8. The molecule has 35 heavy (non-hydrogen) atoms. The summed E-state index contributed by atoms with van der Waals surface area (Å²) in [6.07, 6.45) is 5.99. The average Bonchev–Trinajstić information content (AvgIpc) is 3.47.